The molecule has 4 rings (SSSR count). The molecule has 3 aromatic rings. The second kappa shape index (κ2) is 5.94. The molecule has 7 nitrogen and oxygen atoms in total. The molecule has 0 unspecified atom stereocenters. The average molecular weight is 350 g/mol. The number of nitrogens with zero attached hydrogens (tertiary/aromatic N) is 3. The molecule has 26 heavy (non-hydrogen) atoms. The van der Waals surface area contributed by atoms with Gasteiger partial charge in [-0.2, -0.15) is 0 Å². The van der Waals surface area contributed by atoms with Crippen LogP contribution in [0.1, 0.15) is 41.6 Å². The van der Waals surface area contributed by atoms with E-state index >= 15 is 0 Å². The maximum atomic E-state index is 12.2. The minimum absolute atomic E-state index is 0.326. The third-order valence-electron chi connectivity index (χ3n) is 5.20. The van der Waals surface area contributed by atoms with Gasteiger partial charge in [0.1, 0.15) is 0 Å². The maximum Gasteiger partial charge on any atom is 0.314 e. The van der Waals surface area contributed by atoms with Crippen molar-refractivity contribution >= 4 is 17.7 Å². The normalized spacial score (nSPS) is 16.0. The number of carboxylic acid groups (broad SMARTS) is 1. The van der Waals surface area contributed by atoms with Crippen LogP contribution in [0.25, 0.3) is 17.0 Å². The number of imidazole rings is 1. The first kappa shape index (κ1) is 16.3. The number of fused-ring (bicyclic) bond motifs is 1. The Morgan fingerprint density at radius 1 is 1.23 bits per heavy atom. The first-order chi connectivity index (χ1) is 12.5. The van der Waals surface area contributed by atoms with E-state index in [0.29, 0.717) is 41.0 Å². The summed E-state index contributed by atoms with van der Waals surface area (Å²) in [6.45, 7) is 0. The summed E-state index contributed by atoms with van der Waals surface area (Å²) in [7, 11) is 0. The summed E-state index contributed by atoms with van der Waals surface area (Å²) in [6.07, 6.45) is 8.10. The zero-order chi connectivity index (χ0) is 18.3. The molecule has 1 aliphatic rings. The average Bonchev–Trinajstić information content (AvgIpc) is 3.28. The molecule has 132 valence electrons. The first-order valence-electron chi connectivity index (χ1n) is 8.49. The highest BCUT2D eigenvalue weighted by atomic mass is 16.4. The molecule has 1 aromatic carbocycles. The first-order valence-corrected chi connectivity index (χ1v) is 8.49. The van der Waals surface area contributed by atoms with Crippen molar-refractivity contribution in [2.24, 2.45) is 5.73 Å². The van der Waals surface area contributed by atoms with Crippen molar-refractivity contribution in [3.63, 3.8) is 0 Å². The number of rotatable bonds is 4. The van der Waals surface area contributed by atoms with Crippen molar-refractivity contribution in [1.82, 2.24) is 14.4 Å². The van der Waals surface area contributed by atoms with E-state index in [1.54, 1.807) is 41.1 Å². The summed E-state index contributed by atoms with van der Waals surface area (Å²) >= 11 is 0. The fraction of sp³-hybridized carbons (Fsp3) is 0.263. The molecule has 2 aromatic heterocycles. The highest BCUT2D eigenvalue weighted by Crippen LogP contribution is 2.45. The summed E-state index contributed by atoms with van der Waals surface area (Å²) in [6, 6.07) is 6.74. The van der Waals surface area contributed by atoms with Crippen molar-refractivity contribution in [2.45, 2.75) is 31.1 Å². The van der Waals surface area contributed by atoms with Gasteiger partial charge < -0.3 is 10.8 Å². The Morgan fingerprint density at radius 2 is 2.00 bits per heavy atom. The second-order valence-corrected chi connectivity index (χ2v) is 6.67. The molecule has 0 spiro atoms. The highest BCUT2D eigenvalue weighted by Gasteiger charge is 2.44. The third-order valence-corrected chi connectivity index (χ3v) is 5.20. The van der Waals surface area contributed by atoms with E-state index in [0.717, 1.165) is 12.8 Å². The molecule has 2 heterocycles. The number of hydrogen-bond donors (Lipinski definition) is 2. The van der Waals surface area contributed by atoms with Gasteiger partial charge >= 0.3 is 5.97 Å². The molecule has 0 bridgehead atoms. The Morgan fingerprint density at radius 3 is 2.65 bits per heavy atom. The number of hydrogen-bond acceptors (Lipinski definition) is 4. The van der Waals surface area contributed by atoms with Gasteiger partial charge in [-0.25, -0.2) is 9.97 Å². The molecule has 1 aliphatic carbocycles. The summed E-state index contributed by atoms with van der Waals surface area (Å²) in [5, 5.41) is 9.98. The Kier molecular flexibility index (Phi) is 3.72. The van der Waals surface area contributed by atoms with E-state index in [-0.39, 0.29) is 0 Å². The second-order valence-electron chi connectivity index (χ2n) is 6.67. The minimum Gasteiger partial charge on any atom is -0.481 e. The van der Waals surface area contributed by atoms with Gasteiger partial charge in [0.25, 0.3) is 0 Å². The quantitative estimate of drug-likeness (QED) is 0.750. The third kappa shape index (κ3) is 2.44. The van der Waals surface area contributed by atoms with E-state index in [4.69, 9.17) is 5.73 Å². The van der Waals surface area contributed by atoms with E-state index in [2.05, 4.69) is 9.97 Å². The minimum atomic E-state index is -0.964. The van der Waals surface area contributed by atoms with Crippen LogP contribution in [0.2, 0.25) is 0 Å². The predicted octanol–water partition coefficient (Wildman–Crippen LogP) is 2.39. The van der Waals surface area contributed by atoms with Gasteiger partial charge in [-0.05, 0) is 36.6 Å². The van der Waals surface area contributed by atoms with Crippen LogP contribution in [0.3, 0.4) is 0 Å². The van der Waals surface area contributed by atoms with Crippen LogP contribution in [0.5, 0.6) is 0 Å². The Balaban J connectivity index is 1.97. The lowest BCUT2D eigenvalue weighted by Gasteiger charge is -2.27. The molecule has 0 saturated heterocycles. The molecule has 1 saturated carbocycles. The van der Waals surface area contributed by atoms with Gasteiger partial charge in [-0.1, -0.05) is 18.9 Å². The number of primary amides is 1. The number of nitrogens with two attached hydrogens (primary N) is 1. The number of amides is 1. The smallest absolute Gasteiger partial charge is 0.314 e. The van der Waals surface area contributed by atoms with Crippen LogP contribution in [0, 0.1) is 0 Å². The van der Waals surface area contributed by atoms with Crippen LogP contribution < -0.4 is 5.73 Å². The van der Waals surface area contributed by atoms with Gasteiger partial charge in [0.15, 0.2) is 0 Å². The Hall–Kier alpha value is -3.22. The Labute approximate surface area is 149 Å². The number of aromatic nitrogens is 3. The van der Waals surface area contributed by atoms with E-state index in [1.807, 2.05) is 6.20 Å². The van der Waals surface area contributed by atoms with Crippen LogP contribution in [-0.4, -0.2) is 31.4 Å². The fourth-order valence-corrected chi connectivity index (χ4v) is 3.86. The topological polar surface area (TPSA) is 111 Å². The number of benzene rings is 1. The van der Waals surface area contributed by atoms with Gasteiger partial charge in [0.05, 0.1) is 11.1 Å². The number of aliphatic carboxylic acids is 1. The lowest BCUT2D eigenvalue weighted by atomic mass is 9.75. The van der Waals surface area contributed by atoms with Gasteiger partial charge in [0.2, 0.25) is 11.7 Å². The lowest BCUT2D eigenvalue weighted by molar-refractivity contribution is -0.143. The molecule has 7 heteroatoms. The van der Waals surface area contributed by atoms with E-state index in [1.165, 1.54) is 0 Å². The molecule has 1 amide bonds. The number of carboxylic acids is 1. The zero-order valence-electron chi connectivity index (χ0n) is 14.1. The summed E-state index contributed by atoms with van der Waals surface area (Å²) in [4.78, 5) is 32.6. The zero-order valence-corrected chi connectivity index (χ0v) is 14.1. The van der Waals surface area contributed by atoms with Crippen molar-refractivity contribution < 1.29 is 14.7 Å². The van der Waals surface area contributed by atoms with E-state index < -0.39 is 17.3 Å². The van der Waals surface area contributed by atoms with Crippen molar-refractivity contribution in [3.05, 3.63) is 54.0 Å². The van der Waals surface area contributed by atoms with Crippen molar-refractivity contribution in [3.8, 4) is 11.3 Å². The highest BCUT2D eigenvalue weighted by molar-refractivity contribution is 5.95. The van der Waals surface area contributed by atoms with Crippen LogP contribution in [0.15, 0.2) is 42.9 Å². The molecule has 1 fully saturated rings. The molecule has 3 N–H and O–H groups in total. The van der Waals surface area contributed by atoms with Crippen molar-refractivity contribution in [2.75, 3.05) is 0 Å². The number of carbonyl (C=O) groups is 2. The van der Waals surface area contributed by atoms with Gasteiger partial charge in [-0.15, -0.1) is 0 Å². The maximum absolute atomic E-state index is 12.2. The standard InChI is InChI=1S/C19H18N4O3/c20-16(24)12-4-5-14(19(17(25)26)6-1-2-7-19)13(10-12)15-11-23-9-3-8-21-18(23)22-15/h3-5,8-11H,1-2,6-7H2,(H2,20,24)(H,25,26). The summed E-state index contributed by atoms with van der Waals surface area (Å²) < 4.78 is 1.76. The van der Waals surface area contributed by atoms with Gasteiger partial charge in [0, 0.05) is 29.7 Å². The van der Waals surface area contributed by atoms with Gasteiger partial charge in [-0.3, -0.25) is 14.0 Å². The van der Waals surface area contributed by atoms with Crippen LogP contribution in [0.4, 0.5) is 0 Å². The van der Waals surface area contributed by atoms with E-state index in [9.17, 15) is 14.7 Å². The summed E-state index contributed by atoms with van der Waals surface area (Å²) in [5.74, 6) is -0.894. The van der Waals surface area contributed by atoms with Crippen LogP contribution in [-0.2, 0) is 10.2 Å². The lowest BCUT2D eigenvalue weighted by Crippen LogP contribution is -2.33. The molecular weight excluding hydrogens is 332 g/mol. The fourth-order valence-electron chi connectivity index (χ4n) is 3.86. The largest absolute Gasteiger partial charge is 0.481 e. The molecular formula is C19H18N4O3. The molecule has 0 atom stereocenters. The molecule has 0 radical (unpaired) electrons. The molecule has 0 aliphatic heterocycles. The Bertz CT molecular complexity index is 986. The monoisotopic (exact) mass is 350 g/mol. The van der Waals surface area contributed by atoms with Crippen LogP contribution >= 0.6 is 0 Å². The number of carbonyl (C=O) groups excluding carboxylic acids is 1. The van der Waals surface area contributed by atoms with Crippen molar-refractivity contribution in [1.29, 1.82) is 0 Å². The predicted molar refractivity (Wildman–Crippen MR) is 94.7 cm³/mol. The summed E-state index contributed by atoms with van der Waals surface area (Å²) in [5.41, 5.74) is 6.68. The SMILES string of the molecule is NC(=O)c1ccc(C2(C(=O)O)CCCC2)c(-c2cn3cccnc3n2)c1.